The van der Waals surface area contributed by atoms with Crippen LogP contribution in [0.4, 0.5) is 19.0 Å². The Labute approximate surface area is 163 Å². The van der Waals surface area contributed by atoms with Gasteiger partial charge in [-0.05, 0) is 18.9 Å². The summed E-state index contributed by atoms with van der Waals surface area (Å²) >= 11 is 0. The van der Waals surface area contributed by atoms with E-state index < -0.39 is 18.6 Å². The normalized spacial score (nSPS) is 20.1. The van der Waals surface area contributed by atoms with Crippen LogP contribution in [0.15, 0.2) is 25.0 Å². The van der Waals surface area contributed by atoms with Crippen LogP contribution in [0, 0.1) is 5.41 Å². The zero-order chi connectivity index (χ0) is 20.8. The zero-order valence-electron chi connectivity index (χ0n) is 15.3. The second-order valence-corrected chi connectivity index (χ2v) is 7.43. The third kappa shape index (κ3) is 3.76. The molecule has 2 aromatic rings. The maximum absolute atomic E-state index is 12.4. The fourth-order valence-electron chi connectivity index (χ4n) is 3.72. The number of amides is 2. The van der Waals surface area contributed by atoms with Crippen molar-refractivity contribution >= 4 is 28.8 Å². The van der Waals surface area contributed by atoms with Crippen LogP contribution in [0.5, 0.6) is 0 Å². The summed E-state index contributed by atoms with van der Waals surface area (Å²) < 4.78 is 37.1. The number of nitrogens with one attached hydrogen (secondary N) is 3. The third-order valence-corrected chi connectivity index (χ3v) is 5.42. The molecule has 1 unspecified atom stereocenters. The number of aromatic nitrogens is 3. The van der Waals surface area contributed by atoms with Gasteiger partial charge in [-0.25, -0.2) is 9.97 Å². The van der Waals surface area contributed by atoms with Gasteiger partial charge in [0.2, 0.25) is 5.91 Å². The fraction of sp³-hybridized carbons (Fsp3) is 0.444. The number of nitrogens with zero attached hydrogens (tertiary/aromatic N) is 3. The van der Waals surface area contributed by atoms with Crippen molar-refractivity contribution in [3.63, 3.8) is 0 Å². The number of hydrogen-bond donors (Lipinski definition) is 3. The van der Waals surface area contributed by atoms with E-state index in [1.54, 1.807) is 4.90 Å². The van der Waals surface area contributed by atoms with Crippen LogP contribution in [0.2, 0.25) is 0 Å². The highest BCUT2D eigenvalue weighted by atomic mass is 19.4. The number of alkyl halides is 3. The standard InChI is InChI=1S/C18H19F3N6O2/c1-2-13(28)27-7-11(17(9-27)3-4-17)25-12-6-23-15-14(26-12)10(5-22-15)16(29)24-8-18(19,20)21/h2,5-6,11H,1,3-4,7-9H2,(H,22,23)(H,24,29)(H,25,26). The molecule has 1 aliphatic heterocycles. The van der Waals surface area contributed by atoms with Gasteiger partial charge in [-0.2, -0.15) is 13.2 Å². The Morgan fingerprint density at radius 2 is 2.17 bits per heavy atom. The molecule has 11 heteroatoms. The minimum atomic E-state index is -4.50. The Morgan fingerprint density at radius 1 is 1.41 bits per heavy atom. The van der Waals surface area contributed by atoms with E-state index >= 15 is 0 Å². The smallest absolute Gasteiger partial charge is 0.364 e. The van der Waals surface area contributed by atoms with Crippen LogP contribution >= 0.6 is 0 Å². The molecule has 1 atom stereocenters. The molecule has 4 rings (SSSR count). The predicted molar refractivity (Wildman–Crippen MR) is 98.1 cm³/mol. The molecule has 29 heavy (non-hydrogen) atoms. The summed E-state index contributed by atoms with van der Waals surface area (Å²) in [5.74, 6) is -0.621. The van der Waals surface area contributed by atoms with Crippen LogP contribution in [0.1, 0.15) is 23.2 Å². The average Bonchev–Trinajstić information content (AvgIpc) is 3.19. The molecule has 1 spiro atoms. The highest BCUT2D eigenvalue weighted by Crippen LogP contribution is 2.53. The maximum atomic E-state index is 12.4. The molecule has 2 amide bonds. The second kappa shape index (κ2) is 6.75. The summed E-state index contributed by atoms with van der Waals surface area (Å²) in [6.45, 7) is 3.23. The Balaban J connectivity index is 1.53. The Hall–Kier alpha value is -3.11. The van der Waals surface area contributed by atoms with E-state index in [0.29, 0.717) is 24.6 Å². The number of H-pyrrole nitrogens is 1. The quantitative estimate of drug-likeness (QED) is 0.655. The molecule has 3 N–H and O–H groups in total. The summed E-state index contributed by atoms with van der Waals surface area (Å²) in [5.41, 5.74) is 0.442. The maximum Gasteiger partial charge on any atom is 0.405 e. The molecule has 0 aromatic carbocycles. The van der Waals surface area contributed by atoms with Crippen LogP contribution in [-0.4, -0.2) is 63.5 Å². The first-order chi connectivity index (χ1) is 13.7. The molecule has 1 saturated heterocycles. The first-order valence-electron chi connectivity index (χ1n) is 9.08. The van der Waals surface area contributed by atoms with Gasteiger partial charge in [0.05, 0.1) is 17.8 Å². The van der Waals surface area contributed by atoms with Crippen molar-refractivity contribution in [2.75, 3.05) is 25.0 Å². The molecule has 2 aliphatic rings. The first kappa shape index (κ1) is 19.2. The van der Waals surface area contributed by atoms with Gasteiger partial charge < -0.3 is 20.5 Å². The highest BCUT2D eigenvalue weighted by molar-refractivity contribution is 6.04. The molecule has 0 radical (unpaired) electrons. The van der Waals surface area contributed by atoms with Crippen molar-refractivity contribution in [2.24, 2.45) is 5.41 Å². The van der Waals surface area contributed by atoms with E-state index in [9.17, 15) is 22.8 Å². The number of anilines is 1. The van der Waals surface area contributed by atoms with E-state index in [2.05, 4.69) is 26.8 Å². The molecular formula is C18H19F3N6O2. The van der Waals surface area contributed by atoms with Gasteiger partial charge in [0.25, 0.3) is 5.91 Å². The molecule has 3 heterocycles. The van der Waals surface area contributed by atoms with Crippen molar-refractivity contribution < 1.29 is 22.8 Å². The molecule has 2 aromatic heterocycles. The van der Waals surface area contributed by atoms with Crippen LogP contribution in [0.3, 0.4) is 0 Å². The fourth-order valence-corrected chi connectivity index (χ4v) is 3.72. The number of rotatable bonds is 5. The number of fused-ring (bicyclic) bond motifs is 1. The van der Waals surface area contributed by atoms with E-state index in [-0.39, 0.29) is 28.4 Å². The van der Waals surface area contributed by atoms with Gasteiger partial charge in [-0.1, -0.05) is 6.58 Å². The molecule has 2 fully saturated rings. The van der Waals surface area contributed by atoms with E-state index in [4.69, 9.17) is 0 Å². The van der Waals surface area contributed by atoms with Gasteiger partial charge >= 0.3 is 6.18 Å². The minimum Gasteiger partial charge on any atom is -0.364 e. The first-order valence-corrected chi connectivity index (χ1v) is 9.08. The molecular weight excluding hydrogens is 389 g/mol. The lowest BCUT2D eigenvalue weighted by molar-refractivity contribution is -0.125. The van der Waals surface area contributed by atoms with Crippen molar-refractivity contribution in [3.05, 3.63) is 30.6 Å². The summed E-state index contributed by atoms with van der Waals surface area (Å²) in [4.78, 5) is 37.1. The number of carbonyl (C=O) groups excluding carboxylic acids is 2. The SMILES string of the molecule is C=CC(=O)N1CC(Nc2cnc3[nH]cc(C(=O)NCC(F)(F)F)c3n2)C2(CC2)C1. The lowest BCUT2D eigenvalue weighted by atomic mass is 10.0. The number of aromatic amines is 1. The zero-order valence-corrected chi connectivity index (χ0v) is 15.3. The molecule has 1 aliphatic carbocycles. The Morgan fingerprint density at radius 3 is 2.83 bits per heavy atom. The lowest BCUT2D eigenvalue weighted by Crippen LogP contribution is -2.33. The van der Waals surface area contributed by atoms with Gasteiger partial charge in [-0.15, -0.1) is 0 Å². The summed E-state index contributed by atoms with van der Waals surface area (Å²) in [7, 11) is 0. The summed E-state index contributed by atoms with van der Waals surface area (Å²) in [6, 6.07) is -0.0282. The van der Waals surface area contributed by atoms with Gasteiger partial charge in [0.1, 0.15) is 17.9 Å². The monoisotopic (exact) mass is 408 g/mol. The third-order valence-electron chi connectivity index (χ3n) is 5.42. The van der Waals surface area contributed by atoms with Crippen LogP contribution in [0.25, 0.3) is 11.2 Å². The van der Waals surface area contributed by atoms with Crippen molar-refractivity contribution in [1.82, 2.24) is 25.2 Å². The van der Waals surface area contributed by atoms with Gasteiger partial charge in [0.15, 0.2) is 5.65 Å². The summed E-state index contributed by atoms with van der Waals surface area (Å²) in [5, 5.41) is 5.11. The van der Waals surface area contributed by atoms with Crippen LogP contribution < -0.4 is 10.6 Å². The molecule has 8 nitrogen and oxygen atoms in total. The molecule has 0 bridgehead atoms. The Bertz CT molecular complexity index is 982. The van der Waals surface area contributed by atoms with Gasteiger partial charge in [0, 0.05) is 24.7 Å². The number of hydrogen-bond acceptors (Lipinski definition) is 5. The van der Waals surface area contributed by atoms with Crippen LogP contribution in [-0.2, 0) is 4.79 Å². The number of likely N-dealkylation sites (tertiary alicyclic amines) is 1. The largest absolute Gasteiger partial charge is 0.405 e. The topological polar surface area (TPSA) is 103 Å². The predicted octanol–water partition coefficient (Wildman–Crippen LogP) is 1.84. The number of halogens is 3. The molecule has 1 saturated carbocycles. The van der Waals surface area contributed by atoms with E-state index in [1.807, 2.05) is 5.32 Å². The van der Waals surface area contributed by atoms with E-state index in [0.717, 1.165) is 12.8 Å². The number of carbonyl (C=O) groups is 2. The molecule has 154 valence electrons. The Kier molecular flexibility index (Phi) is 4.47. The van der Waals surface area contributed by atoms with E-state index in [1.165, 1.54) is 18.5 Å². The minimum absolute atomic E-state index is 0.0135. The van der Waals surface area contributed by atoms with Crippen molar-refractivity contribution in [3.8, 4) is 0 Å². The highest BCUT2D eigenvalue weighted by Gasteiger charge is 2.56. The second-order valence-electron chi connectivity index (χ2n) is 7.43. The lowest BCUT2D eigenvalue weighted by Gasteiger charge is -2.18. The average molecular weight is 408 g/mol. The summed E-state index contributed by atoms with van der Waals surface area (Å²) in [6.07, 6.45) is 1.52. The van der Waals surface area contributed by atoms with Gasteiger partial charge in [-0.3, -0.25) is 9.59 Å². The van der Waals surface area contributed by atoms with Crippen molar-refractivity contribution in [1.29, 1.82) is 0 Å². The van der Waals surface area contributed by atoms with Crippen molar-refractivity contribution in [2.45, 2.75) is 25.1 Å².